The molecule has 0 bridgehead atoms. The molecule has 1 aromatic rings. The zero-order chi connectivity index (χ0) is 19.2. The third-order valence-corrected chi connectivity index (χ3v) is 5.99. The molecule has 1 aromatic carbocycles. The Labute approximate surface area is 156 Å². The molecule has 1 saturated carbocycles. The van der Waals surface area contributed by atoms with Gasteiger partial charge in [-0.15, -0.1) is 0 Å². The molecule has 0 radical (unpaired) electrons. The van der Waals surface area contributed by atoms with E-state index in [4.69, 9.17) is 0 Å². The van der Waals surface area contributed by atoms with Crippen molar-refractivity contribution in [3.05, 3.63) is 29.3 Å². The summed E-state index contributed by atoms with van der Waals surface area (Å²) < 4.78 is 29.9. The van der Waals surface area contributed by atoms with E-state index in [1.165, 1.54) is 0 Å². The van der Waals surface area contributed by atoms with Crippen LogP contribution < -0.4 is 10.2 Å². The first kappa shape index (κ1) is 18.1. The lowest BCUT2D eigenvalue weighted by molar-refractivity contribution is -0.134. The molecule has 2 aliphatic heterocycles. The molecule has 27 heavy (non-hydrogen) atoms. The quantitative estimate of drug-likeness (QED) is 0.806. The normalized spacial score (nSPS) is 25.9. The van der Waals surface area contributed by atoms with Crippen LogP contribution in [0.25, 0.3) is 0 Å². The standard InChI is InChI=1S/C20H22F2N2O3/c21-20(22)10-11-24(16-8-9-17(26)23-19(16)27)15-3-1-2-14(18(15)20)12-4-6-13(25)7-5-12/h1-3,12,16H,4-11H2,(H,23,26,27)/t16-/m0/s1. The average Bonchev–Trinajstić information content (AvgIpc) is 2.63. The minimum Gasteiger partial charge on any atom is -0.359 e. The van der Waals surface area contributed by atoms with Gasteiger partial charge in [0.2, 0.25) is 11.8 Å². The number of amides is 2. The number of ketones is 1. The number of benzene rings is 1. The largest absolute Gasteiger partial charge is 0.359 e. The van der Waals surface area contributed by atoms with Crippen molar-refractivity contribution in [3.8, 4) is 0 Å². The Morgan fingerprint density at radius 1 is 1.04 bits per heavy atom. The van der Waals surface area contributed by atoms with Crippen LogP contribution in [0, 0.1) is 0 Å². The number of imide groups is 1. The van der Waals surface area contributed by atoms with Crippen LogP contribution in [0.3, 0.4) is 0 Å². The first-order valence-electron chi connectivity index (χ1n) is 9.50. The molecule has 2 amide bonds. The Morgan fingerprint density at radius 3 is 2.48 bits per heavy atom. The molecule has 0 unspecified atom stereocenters. The number of nitrogens with one attached hydrogen (secondary N) is 1. The summed E-state index contributed by atoms with van der Waals surface area (Å²) in [5, 5.41) is 2.32. The van der Waals surface area contributed by atoms with E-state index in [0.717, 1.165) is 0 Å². The third kappa shape index (κ3) is 3.24. The van der Waals surface area contributed by atoms with Gasteiger partial charge in [-0.05, 0) is 36.8 Å². The van der Waals surface area contributed by atoms with Crippen LogP contribution in [0.15, 0.2) is 18.2 Å². The van der Waals surface area contributed by atoms with Gasteiger partial charge < -0.3 is 4.90 Å². The number of carbonyl (C=O) groups is 3. The second-order valence-corrected chi connectivity index (χ2v) is 7.67. The van der Waals surface area contributed by atoms with Gasteiger partial charge in [0.15, 0.2) is 0 Å². The topological polar surface area (TPSA) is 66.5 Å². The van der Waals surface area contributed by atoms with Crippen LogP contribution in [0.1, 0.15) is 62.0 Å². The highest BCUT2D eigenvalue weighted by atomic mass is 19.3. The molecule has 1 atom stereocenters. The second-order valence-electron chi connectivity index (χ2n) is 7.67. The first-order valence-corrected chi connectivity index (χ1v) is 9.50. The van der Waals surface area contributed by atoms with Crippen molar-refractivity contribution >= 4 is 23.3 Å². The lowest BCUT2D eigenvalue weighted by atomic mass is 9.78. The molecular weight excluding hydrogens is 354 g/mol. The predicted octanol–water partition coefficient (Wildman–Crippen LogP) is 3.02. The summed E-state index contributed by atoms with van der Waals surface area (Å²) in [6.07, 6.45) is 2.21. The number of alkyl halides is 2. The van der Waals surface area contributed by atoms with Crippen LogP contribution in [0.2, 0.25) is 0 Å². The van der Waals surface area contributed by atoms with E-state index in [1.54, 1.807) is 23.1 Å². The number of rotatable bonds is 2. The third-order valence-electron chi connectivity index (χ3n) is 5.99. The Bertz CT molecular complexity index is 798. The van der Waals surface area contributed by atoms with Crippen molar-refractivity contribution in [3.63, 3.8) is 0 Å². The van der Waals surface area contributed by atoms with Crippen LogP contribution in [0.4, 0.5) is 14.5 Å². The van der Waals surface area contributed by atoms with Gasteiger partial charge in [0.25, 0.3) is 5.92 Å². The number of hydrogen-bond donors (Lipinski definition) is 1. The molecule has 4 rings (SSSR count). The Hall–Kier alpha value is -2.31. The van der Waals surface area contributed by atoms with Crippen molar-refractivity contribution in [1.29, 1.82) is 0 Å². The van der Waals surface area contributed by atoms with E-state index in [2.05, 4.69) is 5.32 Å². The highest BCUT2D eigenvalue weighted by Crippen LogP contribution is 2.48. The molecule has 1 N–H and O–H groups in total. The summed E-state index contributed by atoms with van der Waals surface area (Å²) in [4.78, 5) is 37.0. The molecule has 0 spiro atoms. The summed E-state index contributed by atoms with van der Waals surface area (Å²) in [5.74, 6) is -3.58. The number of hydrogen-bond acceptors (Lipinski definition) is 4. The molecule has 1 saturated heterocycles. The van der Waals surface area contributed by atoms with Gasteiger partial charge in [0.1, 0.15) is 11.8 Å². The Kier molecular flexibility index (Phi) is 4.48. The minimum absolute atomic E-state index is 0.000277. The molecule has 3 aliphatic rings. The summed E-state index contributed by atoms with van der Waals surface area (Å²) in [5.41, 5.74) is 0.984. The fraction of sp³-hybridized carbons (Fsp3) is 0.550. The van der Waals surface area contributed by atoms with Crippen molar-refractivity contribution in [2.24, 2.45) is 0 Å². The summed E-state index contributed by atoms with van der Waals surface area (Å²) in [7, 11) is 0. The number of piperidine rings is 1. The number of nitrogens with zero attached hydrogens (tertiary/aromatic N) is 1. The van der Waals surface area contributed by atoms with Gasteiger partial charge in [0, 0.05) is 43.5 Å². The van der Waals surface area contributed by atoms with E-state index in [9.17, 15) is 23.2 Å². The van der Waals surface area contributed by atoms with Crippen LogP contribution in [-0.2, 0) is 20.3 Å². The monoisotopic (exact) mass is 376 g/mol. The lowest BCUT2D eigenvalue weighted by Crippen LogP contribution is -2.55. The molecule has 2 heterocycles. The summed E-state index contributed by atoms with van der Waals surface area (Å²) in [6, 6.07) is 4.52. The molecular formula is C20H22F2N2O3. The van der Waals surface area contributed by atoms with E-state index < -0.39 is 17.9 Å². The number of carbonyl (C=O) groups excluding carboxylic acids is 3. The van der Waals surface area contributed by atoms with Crippen LogP contribution in [0.5, 0.6) is 0 Å². The maximum Gasteiger partial charge on any atom is 0.277 e. The van der Waals surface area contributed by atoms with Gasteiger partial charge in [-0.25, -0.2) is 8.78 Å². The van der Waals surface area contributed by atoms with Crippen molar-refractivity contribution in [2.45, 2.75) is 62.8 Å². The number of anilines is 1. The van der Waals surface area contributed by atoms with Gasteiger partial charge in [0.05, 0.1) is 0 Å². The summed E-state index contributed by atoms with van der Waals surface area (Å²) >= 11 is 0. The smallest absolute Gasteiger partial charge is 0.277 e. The van der Waals surface area contributed by atoms with Crippen LogP contribution in [-0.4, -0.2) is 30.2 Å². The molecule has 144 valence electrons. The molecule has 0 aromatic heterocycles. The van der Waals surface area contributed by atoms with E-state index in [0.29, 0.717) is 43.4 Å². The second kappa shape index (κ2) is 6.69. The fourth-order valence-corrected chi connectivity index (χ4v) is 4.60. The molecule has 5 nitrogen and oxygen atoms in total. The van der Waals surface area contributed by atoms with Gasteiger partial charge in [-0.2, -0.15) is 0 Å². The molecule has 2 fully saturated rings. The van der Waals surface area contributed by atoms with Crippen molar-refractivity contribution in [2.75, 3.05) is 11.4 Å². The first-order chi connectivity index (χ1) is 12.9. The summed E-state index contributed by atoms with van der Waals surface area (Å²) in [6.45, 7) is 0.0683. The zero-order valence-electron chi connectivity index (χ0n) is 15.0. The lowest BCUT2D eigenvalue weighted by Gasteiger charge is -2.42. The maximum absolute atomic E-state index is 14.9. The van der Waals surface area contributed by atoms with Gasteiger partial charge in [-0.3, -0.25) is 19.7 Å². The Morgan fingerprint density at radius 2 is 1.78 bits per heavy atom. The van der Waals surface area contributed by atoms with Gasteiger partial charge >= 0.3 is 0 Å². The number of Topliss-reactive ketones (excluding diaryl/α,β-unsaturated/α-hetero) is 1. The van der Waals surface area contributed by atoms with Crippen molar-refractivity contribution < 1.29 is 23.2 Å². The zero-order valence-corrected chi connectivity index (χ0v) is 15.0. The SMILES string of the molecule is O=C1CCC(c2cccc3c2C(F)(F)CCN3[C@H]2CCC(=O)NC2=O)CC1. The molecule has 7 heteroatoms. The average molecular weight is 376 g/mol. The number of halogens is 2. The highest BCUT2D eigenvalue weighted by Gasteiger charge is 2.45. The fourth-order valence-electron chi connectivity index (χ4n) is 4.60. The molecule has 1 aliphatic carbocycles. The van der Waals surface area contributed by atoms with E-state index in [-0.39, 0.29) is 42.6 Å². The Balaban J connectivity index is 1.73. The van der Waals surface area contributed by atoms with E-state index >= 15 is 0 Å². The van der Waals surface area contributed by atoms with Crippen LogP contribution >= 0.6 is 0 Å². The highest BCUT2D eigenvalue weighted by molar-refractivity contribution is 6.01. The van der Waals surface area contributed by atoms with Gasteiger partial charge in [-0.1, -0.05) is 12.1 Å². The number of fused-ring (bicyclic) bond motifs is 1. The minimum atomic E-state index is -2.97. The van der Waals surface area contributed by atoms with Crippen molar-refractivity contribution in [1.82, 2.24) is 5.32 Å². The van der Waals surface area contributed by atoms with E-state index in [1.807, 2.05) is 0 Å². The maximum atomic E-state index is 14.9. The predicted molar refractivity (Wildman–Crippen MR) is 94.7 cm³/mol.